The first-order valence-corrected chi connectivity index (χ1v) is 5.94. The number of alkyl halides is 1. The van der Waals surface area contributed by atoms with E-state index in [9.17, 15) is 0 Å². The van der Waals surface area contributed by atoms with E-state index in [0.29, 0.717) is 12.4 Å². The van der Waals surface area contributed by atoms with Gasteiger partial charge in [-0.05, 0) is 39.5 Å². The standard InChI is InChI=1S/C12H21ClN2/c1-11(7-4-10-15-14)5-3-6-12(2)8-9-13/h5,8,14H,3-4,6-7,9-10H2,1-2H3/b11-5+,12-8+,15-14?. The zero-order chi connectivity index (χ0) is 11.5. The molecule has 0 unspecified atom stereocenters. The van der Waals surface area contributed by atoms with Crippen LogP contribution in [0.3, 0.4) is 0 Å². The third-order valence-electron chi connectivity index (χ3n) is 2.30. The van der Waals surface area contributed by atoms with Crippen molar-refractivity contribution in [2.45, 2.75) is 39.5 Å². The lowest BCUT2D eigenvalue weighted by Crippen LogP contribution is -1.83. The van der Waals surface area contributed by atoms with Gasteiger partial charge < -0.3 is 0 Å². The fourth-order valence-corrected chi connectivity index (χ4v) is 1.58. The number of nitrogens with zero attached hydrogens (tertiary/aromatic N) is 1. The lowest BCUT2D eigenvalue weighted by molar-refractivity contribution is 0.771. The Morgan fingerprint density at radius 1 is 1.20 bits per heavy atom. The Bertz CT molecular complexity index is 232. The summed E-state index contributed by atoms with van der Waals surface area (Å²) in [5, 5.41) is 3.34. The van der Waals surface area contributed by atoms with Gasteiger partial charge in [-0.25, -0.2) is 5.53 Å². The van der Waals surface area contributed by atoms with Crippen LogP contribution in [-0.2, 0) is 0 Å². The van der Waals surface area contributed by atoms with Crippen molar-refractivity contribution in [2.75, 3.05) is 12.4 Å². The van der Waals surface area contributed by atoms with Gasteiger partial charge in [-0.15, -0.1) is 11.6 Å². The third-order valence-corrected chi connectivity index (χ3v) is 2.45. The molecule has 0 fully saturated rings. The van der Waals surface area contributed by atoms with Crippen molar-refractivity contribution in [3.8, 4) is 0 Å². The maximum Gasteiger partial charge on any atom is 0.0599 e. The highest BCUT2D eigenvalue weighted by atomic mass is 35.5. The molecule has 15 heavy (non-hydrogen) atoms. The van der Waals surface area contributed by atoms with Gasteiger partial charge >= 0.3 is 0 Å². The molecular formula is C12H21ClN2. The van der Waals surface area contributed by atoms with Crippen LogP contribution in [0.4, 0.5) is 0 Å². The topological polar surface area (TPSA) is 36.2 Å². The average molecular weight is 229 g/mol. The Balaban J connectivity index is 3.66. The molecule has 0 heterocycles. The van der Waals surface area contributed by atoms with E-state index in [2.05, 4.69) is 31.1 Å². The largest absolute Gasteiger partial charge is 0.210 e. The number of hydrogen-bond donors (Lipinski definition) is 1. The molecule has 0 atom stereocenters. The highest BCUT2D eigenvalue weighted by molar-refractivity contribution is 6.18. The van der Waals surface area contributed by atoms with Crippen molar-refractivity contribution < 1.29 is 0 Å². The van der Waals surface area contributed by atoms with E-state index < -0.39 is 0 Å². The normalized spacial score (nSPS) is 13.0. The summed E-state index contributed by atoms with van der Waals surface area (Å²) in [6.07, 6.45) is 8.55. The average Bonchev–Trinajstić information content (AvgIpc) is 2.18. The molecule has 0 bridgehead atoms. The number of halogens is 1. The lowest BCUT2D eigenvalue weighted by Gasteiger charge is -2.00. The van der Waals surface area contributed by atoms with Crippen LogP contribution in [0.2, 0.25) is 0 Å². The van der Waals surface area contributed by atoms with Gasteiger partial charge in [0.25, 0.3) is 0 Å². The van der Waals surface area contributed by atoms with Crippen molar-refractivity contribution in [2.24, 2.45) is 5.11 Å². The Hall–Kier alpha value is -0.630. The number of allylic oxidation sites excluding steroid dienone is 4. The SMILES string of the molecule is C/C(=C\CCl)CC/C=C(\C)CCCN=N. The summed E-state index contributed by atoms with van der Waals surface area (Å²) in [6, 6.07) is 0. The van der Waals surface area contributed by atoms with E-state index in [4.69, 9.17) is 17.1 Å². The Labute approximate surface area is 97.9 Å². The highest BCUT2D eigenvalue weighted by Gasteiger charge is 1.91. The number of nitrogens with one attached hydrogen (secondary N) is 1. The first kappa shape index (κ1) is 14.4. The van der Waals surface area contributed by atoms with Crippen molar-refractivity contribution in [1.29, 1.82) is 5.53 Å². The van der Waals surface area contributed by atoms with Gasteiger partial charge in [-0.3, -0.25) is 0 Å². The first-order valence-electron chi connectivity index (χ1n) is 5.41. The molecule has 0 aromatic rings. The molecule has 0 aliphatic rings. The smallest absolute Gasteiger partial charge is 0.0599 e. The Morgan fingerprint density at radius 3 is 2.47 bits per heavy atom. The van der Waals surface area contributed by atoms with Crippen molar-refractivity contribution in [3.63, 3.8) is 0 Å². The third kappa shape index (κ3) is 9.67. The molecule has 0 aromatic carbocycles. The molecule has 1 N–H and O–H groups in total. The van der Waals surface area contributed by atoms with E-state index in [-0.39, 0.29) is 0 Å². The van der Waals surface area contributed by atoms with Crippen LogP contribution < -0.4 is 0 Å². The molecule has 0 saturated carbocycles. The van der Waals surface area contributed by atoms with Crippen molar-refractivity contribution >= 4 is 11.6 Å². The summed E-state index contributed by atoms with van der Waals surface area (Å²) in [6.45, 7) is 4.91. The molecule has 0 spiro atoms. The predicted octanol–water partition coefficient (Wildman–Crippen LogP) is 4.71. The van der Waals surface area contributed by atoms with Crippen LogP contribution in [0.25, 0.3) is 0 Å². The van der Waals surface area contributed by atoms with Crippen molar-refractivity contribution in [3.05, 3.63) is 23.3 Å². The summed E-state index contributed by atoms with van der Waals surface area (Å²) in [5.41, 5.74) is 9.43. The minimum atomic E-state index is 0.611. The van der Waals surface area contributed by atoms with Gasteiger partial charge in [0, 0.05) is 5.88 Å². The van der Waals surface area contributed by atoms with E-state index in [1.165, 1.54) is 11.1 Å². The second-order valence-electron chi connectivity index (χ2n) is 3.78. The number of rotatable bonds is 8. The first-order chi connectivity index (χ1) is 7.20. The van der Waals surface area contributed by atoms with Crippen LogP contribution >= 0.6 is 11.6 Å². The van der Waals surface area contributed by atoms with Gasteiger partial charge in [0.1, 0.15) is 0 Å². The van der Waals surface area contributed by atoms with E-state index >= 15 is 0 Å². The van der Waals surface area contributed by atoms with Crippen molar-refractivity contribution in [1.82, 2.24) is 0 Å². The van der Waals surface area contributed by atoms with E-state index in [1.54, 1.807) is 0 Å². The Morgan fingerprint density at radius 2 is 1.87 bits per heavy atom. The summed E-state index contributed by atoms with van der Waals surface area (Å²) >= 11 is 5.60. The van der Waals surface area contributed by atoms with Crippen LogP contribution in [0.5, 0.6) is 0 Å². The van der Waals surface area contributed by atoms with Crippen LogP contribution in [0.15, 0.2) is 28.4 Å². The number of hydrogen-bond acceptors (Lipinski definition) is 2. The minimum Gasteiger partial charge on any atom is -0.210 e. The summed E-state index contributed by atoms with van der Waals surface area (Å²) in [4.78, 5) is 0. The zero-order valence-corrected chi connectivity index (χ0v) is 10.5. The molecular weight excluding hydrogens is 208 g/mol. The monoisotopic (exact) mass is 228 g/mol. The summed E-state index contributed by atoms with van der Waals surface area (Å²) in [5.74, 6) is 0.611. The maximum atomic E-state index is 6.67. The fraction of sp³-hybridized carbons (Fsp3) is 0.667. The second kappa shape index (κ2) is 9.91. The maximum absolute atomic E-state index is 6.67. The zero-order valence-electron chi connectivity index (χ0n) is 9.72. The van der Waals surface area contributed by atoms with E-state index in [0.717, 1.165) is 25.7 Å². The molecule has 3 heteroatoms. The quantitative estimate of drug-likeness (QED) is 0.270. The minimum absolute atomic E-state index is 0.611. The molecule has 0 rings (SSSR count). The van der Waals surface area contributed by atoms with E-state index in [1.807, 2.05) is 0 Å². The van der Waals surface area contributed by atoms with Gasteiger partial charge in [0.05, 0.1) is 6.54 Å². The molecule has 0 radical (unpaired) electrons. The molecule has 0 aliphatic heterocycles. The second-order valence-corrected chi connectivity index (χ2v) is 4.09. The molecule has 0 saturated heterocycles. The van der Waals surface area contributed by atoms with Crippen LogP contribution in [0.1, 0.15) is 39.5 Å². The van der Waals surface area contributed by atoms with Crippen LogP contribution in [0, 0.1) is 5.53 Å². The Kier molecular flexibility index (Phi) is 9.49. The predicted molar refractivity (Wildman–Crippen MR) is 66.7 cm³/mol. The summed E-state index contributed by atoms with van der Waals surface area (Å²) < 4.78 is 0. The van der Waals surface area contributed by atoms with Gasteiger partial charge in [0.15, 0.2) is 0 Å². The fourth-order valence-electron chi connectivity index (χ4n) is 1.32. The molecule has 0 aliphatic carbocycles. The molecule has 2 nitrogen and oxygen atoms in total. The highest BCUT2D eigenvalue weighted by Crippen LogP contribution is 2.10. The van der Waals surface area contributed by atoms with Crippen LogP contribution in [-0.4, -0.2) is 12.4 Å². The lowest BCUT2D eigenvalue weighted by atomic mass is 10.1. The summed E-state index contributed by atoms with van der Waals surface area (Å²) in [7, 11) is 0. The molecule has 86 valence electrons. The van der Waals surface area contributed by atoms with Gasteiger partial charge in [0.2, 0.25) is 0 Å². The van der Waals surface area contributed by atoms with Gasteiger partial charge in [-0.2, -0.15) is 5.11 Å². The molecule has 0 amide bonds. The van der Waals surface area contributed by atoms with Gasteiger partial charge in [-0.1, -0.05) is 23.3 Å². The molecule has 0 aromatic heterocycles.